The van der Waals surface area contributed by atoms with Gasteiger partial charge in [-0.1, -0.05) is 11.6 Å². The Balaban J connectivity index is 1.67. The molecule has 3 heterocycles. The first-order valence-corrected chi connectivity index (χ1v) is 8.00. The molecule has 1 fully saturated rings. The summed E-state index contributed by atoms with van der Waals surface area (Å²) in [6, 6.07) is 2.98. The molecule has 23 heavy (non-hydrogen) atoms. The lowest BCUT2D eigenvalue weighted by Crippen LogP contribution is -2.49. The molecule has 0 saturated carbocycles. The van der Waals surface area contributed by atoms with E-state index in [0.717, 1.165) is 11.3 Å². The average Bonchev–Trinajstić information content (AvgIpc) is 2.97. The highest BCUT2D eigenvalue weighted by atomic mass is 35.5. The lowest BCUT2D eigenvalue weighted by molar-refractivity contribution is -0.384. The SMILES string of the molecule is O=C(c1cc([N+](=O)[O-])c(Cl)s1)N1CCN(c2ncccn2)CC1. The van der Waals surface area contributed by atoms with Gasteiger partial charge in [-0.15, -0.1) is 11.3 Å². The van der Waals surface area contributed by atoms with Crippen molar-refractivity contribution in [1.29, 1.82) is 0 Å². The zero-order chi connectivity index (χ0) is 16.4. The van der Waals surface area contributed by atoms with Crippen LogP contribution in [0.4, 0.5) is 11.6 Å². The molecule has 2 aromatic rings. The molecule has 1 aliphatic heterocycles. The molecule has 0 radical (unpaired) electrons. The molecule has 0 spiro atoms. The first kappa shape index (κ1) is 15.6. The maximum atomic E-state index is 12.4. The Kier molecular flexibility index (Phi) is 4.39. The van der Waals surface area contributed by atoms with E-state index in [0.29, 0.717) is 32.1 Å². The first-order valence-electron chi connectivity index (χ1n) is 6.81. The second-order valence-electron chi connectivity index (χ2n) is 4.85. The summed E-state index contributed by atoms with van der Waals surface area (Å²) in [6.07, 6.45) is 3.35. The van der Waals surface area contributed by atoms with Crippen molar-refractivity contribution in [3.8, 4) is 0 Å². The Bertz CT molecular complexity index is 730. The van der Waals surface area contributed by atoms with Crippen LogP contribution in [0.15, 0.2) is 24.5 Å². The summed E-state index contributed by atoms with van der Waals surface area (Å²) in [7, 11) is 0. The molecule has 0 bridgehead atoms. The number of thiophene rings is 1. The van der Waals surface area contributed by atoms with Crippen LogP contribution in [0, 0.1) is 10.1 Å². The molecule has 0 aromatic carbocycles. The van der Waals surface area contributed by atoms with E-state index in [1.165, 1.54) is 6.07 Å². The number of piperazine rings is 1. The molecule has 0 atom stereocenters. The number of nitro groups is 1. The fourth-order valence-corrected chi connectivity index (χ4v) is 3.50. The normalized spacial score (nSPS) is 14.8. The summed E-state index contributed by atoms with van der Waals surface area (Å²) >= 11 is 6.74. The van der Waals surface area contributed by atoms with E-state index in [9.17, 15) is 14.9 Å². The van der Waals surface area contributed by atoms with Gasteiger partial charge in [-0.2, -0.15) is 0 Å². The van der Waals surface area contributed by atoms with Gasteiger partial charge in [0.25, 0.3) is 11.6 Å². The van der Waals surface area contributed by atoms with Crippen LogP contribution in [-0.2, 0) is 0 Å². The highest BCUT2D eigenvalue weighted by molar-refractivity contribution is 7.18. The quantitative estimate of drug-likeness (QED) is 0.619. The summed E-state index contributed by atoms with van der Waals surface area (Å²) in [6.45, 7) is 2.22. The number of hydrogen-bond acceptors (Lipinski definition) is 7. The predicted molar refractivity (Wildman–Crippen MR) is 86.1 cm³/mol. The lowest BCUT2D eigenvalue weighted by Gasteiger charge is -2.34. The maximum Gasteiger partial charge on any atom is 0.299 e. The Morgan fingerprint density at radius 3 is 2.48 bits per heavy atom. The second-order valence-corrected chi connectivity index (χ2v) is 6.51. The van der Waals surface area contributed by atoms with Gasteiger partial charge in [0, 0.05) is 44.6 Å². The molecule has 10 heteroatoms. The molecule has 0 unspecified atom stereocenters. The van der Waals surface area contributed by atoms with Gasteiger partial charge >= 0.3 is 0 Å². The number of carbonyl (C=O) groups is 1. The topological polar surface area (TPSA) is 92.5 Å². The van der Waals surface area contributed by atoms with E-state index in [-0.39, 0.29) is 20.8 Å². The molecule has 0 aliphatic carbocycles. The molecular formula is C13H12ClN5O3S. The van der Waals surface area contributed by atoms with Crippen molar-refractivity contribution in [2.75, 3.05) is 31.1 Å². The summed E-state index contributed by atoms with van der Waals surface area (Å²) in [4.78, 5) is 35.0. The fraction of sp³-hybridized carbons (Fsp3) is 0.308. The smallest absolute Gasteiger partial charge is 0.299 e. The van der Waals surface area contributed by atoms with Crippen LogP contribution >= 0.6 is 22.9 Å². The molecule has 8 nitrogen and oxygen atoms in total. The van der Waals surface area contributed by atoms with Crippen LogP contribution in [0.5, 0.6) is 0 Å². The Morgan fingerprint density at radius 1 is 1.26 bits per heavy atom. The third-order valence-electron chi connectivity index (χ3n) is 3.48. The standard InChI is InChI=1S/C13H12ClN5O3S/c14-11-9(19(21)22)8-10(23-11)12(20)17-4-6-18(7-5-17)13-15-2-1-3-16-13/h1-3,8H,4-7H2. The van der Waals surface area contributed by atoms with Crippen molar-refractivity contribution in [3.05, 3.63) is 43.9 Å². The van der Waals surface area contributed by atoms with Gasteiger partial charge in [0.1, 0.15) is 4.88 Å². The van der Waals surface area contributed by atoms with Crippen molar-refractivity contribution in [2.24, 2.45) is 0 Å². The van der Waals surface area contributed by atoms with Crippen LogP contribution < -0.4 is 4.90 Å². The zero-order valence-electron chi connectivity index (χ0n) is 11.9. The van der Waals surface area contributed by atoms with Crippen molar-refractivity contribution < 1.29 is 9.72 Å². The average molecular weight is 354 g/mol. The number of halogens is 1. The van der Waals surface area contributed by atoms with Gasteiger partial charge in [0.2, 0.25) is 5.95 Å². The maximum absolute atomic E-state index is 12.4. The molecule has 1 saturated heterocycles. The minimum absolute atomic E-state index is 0.0228. The minimum Gasteiger partial charge on any atom is -0.337 e. The van der Waals surface area contributed by atoms with E-state index >= 15 is 0 Å². The monoisotopic (exact) mass is 353 g/mol. The van der Waals surface area contributed by atoms with E-state index < -0.39 is 4.92 Å². The number of anilines is 1. The van der Waals surface area contributed by atoms with Crippen LogP contribution in [0.2, 0.25) is 4.34 Å². The first-order chi connectivity index (χ1) is 11.1. The molecule has 2 aromatic heterocycles. The largest absolute Gasteiger partial charge is 0.337 e. The minimum atomic E-state index is -0.583. The van der Waals surface area contributed by atoms with Crippen molar-refractivity contribution >= 4 is 40.5 Å². The van der Waals surface area contributed by atoms with E-state index in [1.807, 2.05) is 4.90 Å². The van der Waals surface area contributed by atoms with E-state index in [2.05, 4.69) is 9.97 Å². The number of rotatable bonds is 3. The van der Waals surface area contributed by atoms with Gasteiger partial charge in [-0.05, 0) is 6.07 Å². The second kappa shape index (κ2) is 6.47. The Morgan fingerprint density at radius 2 is 1.91 bits per heavy atom. The molecule has 1 amide bonds. The zero-order valence-corrected chi connectivity index (χ0v) is 13.5. The van der Waals surface area contributed by atoms with Crippen LogP contribution in [0.1, 0.15) is 9.67 Å². The molecule has 120 valence electrons. The molecular weight excluding hydrogens is 342 g/mol. The van der Waals surface area contributed by atoms with Gasteiger partial charge in [-0.3, -0.25) is 14.9 Å². The van der Waals surface area contributed by atoms with E-state index in [4.69, 9.17) is 11.6 Å². The van der Waals surface area contributed by atoms with Gasteiger partial charge in [0.15, 0.2) is 4.34 Å². The summed E-state index contributed by atoms with van der Waals surface area (Å²) in [5.74, 6) is 0.396. The van der Waals surface area contributed by atoms with Crippen LogP contribution in [0.25, 0.3) is 0 Å². The summed E-state index contributed by atoms with van der Waals surface area (Å²) in [5, 5.41) is 10.8. The van der Waals surface area contributed by atoms with Crippen LogP contribution in [-0.4, -0.2) is 51.9 Å². The highest BCUT2D eigenvalue weighted by Gasteiger charge is 2.27. The third kappa shape index (κ3) is 3.25. The molecule has 0 N–H and O–H groups in total. The number of nitrogens with zero attached hydrogens (tertiary/aromatic N) is 5. The van der Waals surface area contributed by atoms with Crippen molar-refractivity contribution in [1.82, 2.24) is 14.9 Å². The highest BCUT2D eigenvalue weighted by Crippen LogP contribution is 2.34. The third-order valence-corrected chi connectivity index (χ3v) is 4.80. The van der Waals surface area contributed by atoms with Crippen molar-refractivity contribution in [3.63, 3.8) is 0 Å². The number of hydrogen-bond donors (Lipinski definition) is 0. The van der Waals surface area contributed by atoms with Gasteiger partial charge < -0.3 is 9.80 Å². The summed E-state index contributed by atoms with van der Waals surface area (Å²) < 4.78 is 0.0228. The van der Waals surface area contributed by atoms with Gasteiger partial charge in [-0.25, -0.2) is 9.97 Å². The van der Waals surface area contributed by atoms with Crippen molar-refractivity contribution in [2.45, 2.75) is 0 Å². The predicted octanol–water partition coefficient (Wildman–Crippen LogP) is 2.06. The number of aromatic nitrogens is 2. The Labute approximate surface area is 140 Å². The summed E-state index contributed by atoms with van der Waals surface area (Å²) in [5.41, 5.74) is -0.226. The fourth-order valence-electron chi connectivity index (χ4n) is 2.31. The van der Waals surface area contributed by atoms with Crippen LogP contribution in [0.3, 0.4) is 0 Å². The number of amides is 1. The Hall–Kier alpha value is -2.26. The van der Waals surface area contributed by atoms with E-state index in [1.54, 1.807) is 23.4 Å². The van der Waals surface area contributed by atoms with Gasteiger partial charge in [0.05, 0.1) is 4.92 Å². The molecule has 3 rings (SSSR count). The molecule has 1 aliphatic rings. The number of carbonyl (C=O) groups excluding carboxylic acids is 1. The lowest BCUT2D eigenvalue weighted by atomic mass is 10.3.